The Morgan fingerprint density at radius 3 is 2.00 bits per heavy atom. The largest absolute Gasteiger partial charge is 0.309 e. The smallest absolute Gasteiger partial charge is 0.145 e. The lowest BCUT2D eigenvalue weighted by Gasteiger charge is -2.13. The second-order valence-corrected chi connectivity index (χ2v) is 11.0. The maximum atomic E-state index is 13.8. The Kier molecular flexibility index (Phi) is 5.08. The van der Waals surface area contributed by atoms with E-state index in [0.29, 0.717) is 0 Å². The Morgan fingerprint density at radius 2 is 1.16 bits per heavy atom. The fourth-order valence-corrected chi connectivity index (χ4v) is 6.67. The number of rotatable bonds is 4. The van der Waals surface area contributed by atoms with Gasteiger partial charge in [0, 0.05) is 27.7 Å². The number of benzene rings is 7. The molecule has 0 bridgehead atoms. The van der Waals surface area contributed by atoms with E-state index in [4.69, 9.17) is 4.98 Å². The van der Waals surface area contributed by atoms with Crippen molar-refractivity contribution in [1.82, 2.24) is 14.1 Å². The van der Waals surface area contributed by atoms with Gasteiger partial charge in [0.25, 0.3) is 0 Å². The second-order valence-electron chi connectivity index (χ2n) is 11.0. The molecule has 0 fully saturated rings. The summed E-state index contributed by atoms with van der Waals surface area (Å²) in [6.45, 7) is 0. The molecule has 0 amide bonds. The van der Waals surface area contributed by atoms with Gasteiger partial charge in [0.1, 0.15) is 11.6 Å². The third kappa shape index (κ3) is 3.57. The Balaban J connectivity index is 1.23. The number of nitrogens with zero attached hydrogens (tertiary/aromatic N) is 3. The molecule has 0 aliphatic heterocycles. The van der Waals surface area contributed by atoms with Crippen molar-refractivity contribution >= 4 is 43.6 Å². The summed E-state index contributed by atoms with van der Waals surface area (Å²) in [6.07, 6.45) is 0. The van der Waals surface area contributed by atoms with E-state index in [9.17, 15) is 4.39 Å². The number of halogens is 1. The van der Waals surface area contributed by atoms with E-state index in [-0.39, 0.29) is 5.82 Å². The molecule has 7 aromatic carbocycles. The van der Waals surface area contributed by atoms with Gasteiger partial charge in [-0.15, -0.1) is 0 Å². The van der Waals surface area contributed by atoms with Crippen LogP contribution in [0, 0.1) is 5.82 Å². The van der Waals surface area contributed by atoms with Crippen LogP contribution < -0.4 is 0 Å². The molecular weight excluding hydrogens is 529 g/mol. The van der Waals surface area contributed by atoms with E-state index >= 15 is 0 Å². The van der Waals surface area contributed by atoms with E-state index in [1.807, 2.05) is 24.3 Å². The molecule has 0 saturated carbocycles. The molecule has 202 valence electrons. The van der Waals surface area contributed by atoms with Gasteiger partial charge in [0.2, 0.25) is 0 Å². The van der Waals surface area contributed by atoms with Gasteiger partial charge in [0.05, 0.1) is 22.1 Å². The summed E-state index contributed by atoms with van der Waals surface area (Å²) in [5.41, 5.74) is 9.72. The number of para-hydroxylation sites is 2. The van der Waals surface area contributed by atoms with Crippen LogP contribution in [0.1, 0.15) is 0 Å². The molecule has 0 aliphatic carbocycles. The predicted octanol–water partition coefficient (Wildman–Crippen LogP) is 10.2. The molecule has 0 aliphatic rings. The fraction of sp³-hybridized carbons (Fsp3) is 0. The van der Waals surface area contributed by atoms with E-state index < -0.39 is 0 Å². The summed E-state index contributed by atoms with van der Waals surface area (Å²) in [4.78, 5) is 5.00. The van der Waals surface area contributed by atoms with Crippen LogP contribution in [0.5, 0.6) is 0 Å². The summed E-state index contributed by atoms with van der Waals surface area (Å²) in [5.74, 6) is 0.692. The highest BCUT2D eigenvalue weighted by Crippen LogP contribution is 2.42. The van der Waals surface area contributed by atoms with Gasteiger partial charge in [-0.1, -0.05) is 84.9 Å². The van der Waals surface area contributed by atoms with Crippen molar-refractivity contribution in [3.8, 4) is 33.9 Å². The normalized spacial score (nSPS) is 11.8. The number of fused-ring (bicyclic) bond motifs is 1. The van der Waals surface area contributed by atoms with Crippen molar-refractivity contribution in [2.45, 2.75) is 0 Å². The van der Waals surface area contributed by atoms with Crippen molar-refractivity contribution in [3.63, 3.8) is 0 Å². The number of aromatic nitrogens is 3. The standard InChI is InChI=1S/C39H24FN3/c40-28-16-20-29(21-17-28)42-35-12-6-9-26-15-22-32-31(23-24-36(42)38(32)37(26)35)25-13-18-30(19-14-25)43-34-11-5-4-10-33(34)41-39(43)27-7-2-1-3-8-27/h1-24H. The highest BCUT2D eigenvalue weighted by atomic mass is 19.1. The minimum atomic E-state index is -0.234. The second kappa shape index (κ2) is 9.13. The van der Waals surface area contributed by atoms with Gasteiger partial charge >= 0.3 is 0 Å². The van der Waals surface area contributed by atoms with Crippen LogP contribution in [0.3, 0.4) is 0 Å². The molecule has 0 N–H and O–H groups in total. The quantitative estimate of drug-likeness (QED) is 0.199. The lowest BCUT2D eigenvalue weighted by Crippen LogP contribution is -1.97. The van der Waals surface area contributed by atoms with Crippen LogP contribution in [0.2, 0.25) is 0 Å². The molecule has 9 rings (SSSR count). The van der Waals surface area contributed by atoms with Gasteiger partial charge in [-0.25, -0.2) is 9.37 Å². The Labute approximate surface area is 247 Å². The van der Waals surface area contributed by atoms with Gasteiger partial charge in [-0.2, -0.15) is 0 Å². The van der Waals surface area contributed by atoms with Crippen molar-refractivity contribution in [2.75, 3.05) is 0 Å². The van der Waals surface area contributed by atoms with Gasteiger partial charge in [-0.05, 0) is 82.6 Å². The average molecular weight is 554 g/mol. The minimum absolute atomic E-state index is 0.234. The van der Waals surface area contributed by atoms with E-state index in [2.05, 4.69) is 118 Å². The van der Waals surface area contributed by atoms with Crippen molar-refractivity contribution in [3.05, 3.63) is 151 Å². The van der Waals surface area contributed by atoms with E-state index in [1.54, 1.807) is 0 Å². The molecular formula is C39H24FN3. The molecule has 0 spiro atoms. The van der Waals surface area contributed by atoms with Gasteiger partial charge in [0.15, 0.2) is 0 Å². The highest BCUT2D eigenvalue weighted by Gasteiger charge is 2.19. The molecule has 0 radical (unpaired) electrons. The van der Waals surface area contributed by atoms with Gasteiger partial charge in [-0.3, -0.25) is 4.57 Å². The molecule has 2 heterocycles. The fourth-order valence-electron chi connectivity index (χ4n) is 6.67. The molecule has 2 aromatic heterocycles. The van der Waals surface area contributed by atoms with Crippen LogP contribution in [0.4, 0.5) is 4.39 Å². The number of imidazole rings is 1. The highest BCUT2D eigenvalue weighted by molar-refractivity contribution is 6.26. The Morgan fingerprint density at radius 1 is 0.465 bits per heavy atom. The Bertz CT molecular complexity index is 2430. The Hall–Kier alpha value is -5.74. The predicted molar refractivity (Wildman–Crippen MR) is 175 cm³/mol. The van der Waals surface area contributed by atoms with Crippen molar-refractivity contribution < 1.29 is 4.39 Å². The zero-order valence-electron chi connectivity index (χ0n) is 23.1. The molecule has 0 saturated heterocycles. The van der Waals surface area contributed by atoms with Crippen LogP contribution in [0.25, 0.3) is 77.5 Å². The topological polar surface area (TPSA) is 22.8 Å². The first-order valence-electron chi connectivity index (χ1n) is 14.4. The van der Waals surface area contributed by atoms with Crippen LogP contribution >= 0.6 is 0 Å². The van der Waals surface area contributed by atoms with Crippen LogP contribution in [-0.2, 0) is 0 Å². The molecule has 0 atom stereocenters. The van der Waals surface area contributed by atoms with E-state index in [1.165, 1.54) is 39.2 Å². The summed E-state index contributed by atoms with van der Waals surface area (Å²) >= 11 is 0. The average Bonchev–Trinajstić information content (AvgIpc) is 3.62. The summed E-state index contributed by atoms with van der Waals surface area (Å²) in [7, 11) is 0. The minimum Gasteiger partial charge on any atom is -0.309 e. The maximum absolute atomic E-state index is 13.8. The van der Waals surface area contributed by atoms with Crippen molar-refractivity contribution in [1.29, 1.82) is 0 Å². The summed E-state index contributed by atoms with van der Waals surface area (Å²) < 4.78 is 18.3. The number of hydrogen-bond acceptors (Lipinski definition) is 1. The van der Waals surface area contributed by atoms with Gasteiger partial charge < -0.3 is 4.57 Å². The molecule has 43 heavy (non-hydrogen) atoms. The van der Waals surface area contributed by atoms with E-state index in [0.717, 1.165) is 50.4 Å². The molecule has 4 heteroatoms. The molecule has 9 aromatic rings. The summed E-state index contributed by atoms with van der Waals surface area (Å²) in [5, 5.41) is 4.86. The summed E-state index contributed by atoms with van der Waals surface area (Å²) in [6, 6.07) is 49.4. The SMILES string of the molecule is Fc1ccc(-n2c3cccc4ccc5c(-c6ccc(-n7c(-c8ccccc8)nc8ccccc87)cc6)ccc2c5c43)cc1. The molecule has 0 unspecified atom stereocenters. The molecule has 3 nitrogen and oxygen atoms in total. The lowest BCUT2D eigenvalue weighted by atomic mass is 9.94. The number of hydrogen-bond donors (Lipinski definition) is 0. The third-order valence-electron chi connectivity index (χ3n) is 8.57. The first-order valence-corrected chi connectivity index (χ1v) is 14.4. The van der Waals surface area contributed by atoms with Crippen molar-refractivity contribution in [2.24, 2.45) is 0 Å². The van der Waals surface area contributed by atoms with Crippen LogP contribution in [-0.4, -0.2) is 14.1 Å². The maximum Gasteiger partial charge on any atom is 0.145 e. The first kappa shape index (κ1) is 23.9. The third-order valence-corrected chi connectivity index (χ3v) is 8.57. The zero-order chi connectivity index (χ0) is 28.5. The zero-order valence-corrected chi connectivity index (χ0v) is 23.1. The first-order chi connectivity index (χ1) is 21.2. The lowest BCUT2D eigenvalue weighted by molar-refractivity contribution is 0.627. The van der Waals surface area contributed by atoms with Crippen LogP contribution in [0.15, 0.2) is 146 Å². The monoisotopic (exact) mass is 553 g/mol.